The lowest BCUT2D eigenvalue weighted by atomic mass is 10.1. The fourth-order valence-corrected chi connectivity index (χ4v) is 1.57. The molecule has 0 saturated carbocycles. The van der Waals surface area contributed by atoms with E-state index in [4.69, 9.17) is 0 Å². The Balaban J connectivity index is 2.77. The first kappa shape index (κ1) is 16.6. The Morgan fingerprint density at radius 3 is 2.60 bits per heavy atom. The smallest absolute Gasteiger partial charge is 0.254 e. The van der Waals surface area contributed by atoms with Crippen molar-refractivity contribution >= 4 is 5.91 Å². The van der Waals surface area contributed by atoms with E-state index >= 15 is 0 Å². The lowest BCUT2D eigenvalue weighted by Crippen LogP contribution is -2.38. The number of rotatable bonds is 6. The third-order valence-corrected chi connectivity index (χ3v) is 2.67. The van der Waals surface area contributed by atoms with Gasteiger partial charge in [0.25, 0.3) is 5.91 Å². The molecule has 1 aromatic rings. The van der Waals surface area contributed by atoms with Gasteiger partial charge in [0, 0.05) is 19.1 Å². The molecule has 0 heterocycles. The molecule has 0 fully saturated rings. The molecule has 5 heteroatoms. The predicted octanol–water partition coefficient (Wildman–Crippen LogP) is 1.82. The van der Waals surface area contributed by atoms with Gasteiger partial charge in [-0.15, -0.1) is 0 Å². The molecular weight excluding hydrogens is 259 g/mol. The molecule has 0 aliphatic rings. The van der Waals surface area contributed by atoms with Crippen LogP contribution in [-0.2, 0) is 6.54 Å². The number of nitrogens with one attached hydrogen (secondary N) is 2. The van der Waals surface area contributed by atoms with Gasteiger partial charge in [0.15, 0.2) is 0 Å². The molecule has 0 aromatic heterocycles. The Bertz CT molecular complexity index is 467. The number of amides is 1. The Morgan fingerprint density at radius 2 is 2.05 bits per heavy atom. The highest BCUT2D eigenvalue weighted by Gasteiger charge is 2.17. The SMILES string of the molecule is CC(C)NCc1ccc(F)c(C(=O)NCC(C)(C)O)c1. The van der Waals surface area contributed by atoms with Crippen molar-refractivity contribution in [1.29, 1.82) is 0 Å². The molecule has 1 amide bonds. The van der Waals surface area contributed by atoms with E-state index in [0.717, 1.165) is 5.56 Å². The van der Waals surface area contributed by atoms with Gasteiger partial charge < -0.3 is 15.7 Å². The van der Waals surface area contributed by atoms with Crippen LogP contribution in [0.15, 0.2) is 18.2 Å². The van der Waals surface area contributed by atoms with Crippen LogP contribution in [0.25, 0.3) is 0 Å². The third-order valence-electron chi connectivity index (χ3n) is 2.67. The minimum absolute atomic E-state index is 0.00249. The van der Waals surface area contributed by atoms with Crippen LogP contribution in [0.4, 0.5) is 4.39 Å². The molecule has 4 nitrogen and oxygen atoms in total. The Morgan fingerprint density at radius 1 is 1.40 bits per heavy atom. The van der Waals surface area contributed by atoms with Gasteiger partial charge in [-0.2, -0.15) is 0 Å². The van der Waals surface area contributed by atoms with E-state index in [9.17, 15) is 14.3 Å². The number of benzene rings is 1. The van der Waals surface area contributed by atoms with Crippen molar-refractivity contribution in [2.45, 2.75) is 45.9 Å². The van der Waals surface area contributed by atoms with Gasteiger partial charge >= 0.3 is 0 Å². The topological polar surface area (TPSA) is 61.4 Å². The summed E-state index contributed by atoms with van der Waals surface area (Å²) in [6.07, 6.45) is 0. The van der Waals surface area contributed by atoms with Gasteiger partial charge in [0.2, 0.25) is 0 Å². The summed E-state index contributed by atoms with van der Waals surface area (Å²) in [5.74, 6) is -1.08. The molecular formula is C15H23FN2O2. The first-order valence-corrected chi connectivity index (χ1v) is 6.71. The first-order chi connectivity index (χ1) is 9.19. The van der Waals surface area contributed by atoms with Crippen molar-refractivity contribution in [3.63, 3.8) is 0 Å². The Labute approximate surface area is 119 Å². The standard InChI is InChI=1S/C15H23FN2O2/c1-10(2)17-8-11-5-6-13(16)12(7-11)14(19)18-9-15(3,4)20/h5-7,10,17,20H,8-9H2,1-4H3,(H,18,19). The maximum Gasteiger partial charge on any atom is 0.254 e. The fraction of sp³-hybridized carbons (Fsp3) is 0.533. The van der Waals surface area contributed by atoms with Crippen molar-refractivity contribution in [3.8, 4) is 0 Å². The van der Waals surface area contributed by atoms with Crippen LogP contribution < -0.4 is 10.6 Å². The first-order valence-electron chi connectivity index (χ1n) is 6.71. The molecule has 0 unspecified atom stereocenters. The fourth-order valence-electron chi connectivity index (χ4n) is 1.57. The van der Waals surface area contributed by atoms with E-state index < -0.39 is 17.3 Å². The van der Waals surface area contributed by atoms with Crippen molar-refractivity contribution < 1.29 is 14.3 Å². The van der Waals surface area contributed by atoms with Crippen LogP contribution in [0.2, 0.25) is 0 Å². The molecule has 112 valence electrons. The second-order valence-electron chi connectivity index (χ2n) is 5.84. The summed E-state index contributed by atoms with van der Waals surface area (Å²) in [6, 6.07) is 4.78. The van der Waals surface area contributed by atoms with Gasteiger partial charge in [0.05, 0.1) is 11.2 Å². The number of hydrogen-bond donors (Lipinski definition) is 3. The number of aliphatic hydroxyl groups is 1. The quantitative estimate of drug-likeness (QED) is 0.746. The number of carbonyl (C=O) groups excluding carboxylic acids is 1. The summed E-state index contributed by atoms with van der Waals surface area (Å²) in [7, 11) is 0. The van der Waals surface area contributed by atoms with Gasteiger partial charge in [-0.25, -0.2) is 4.39 Å². The average Bonchev–Trinajstić information content (AvgIpc) is 2.34. The normalized spacial score (nSPS) is 11.8. The molecule has 1 aromatic carbocycles. The Hall–Kier alpha value is -1.46. The van der Waals surface area contributed by atoms with Crippen LogP contribution in [0.3, 0.4) is 0 Å². The molecule has 0 spiro atoms. The van der Waals surface area contributed by atoms with Crippen molar-refractivity contribution in [2.75, 3.05) is 6.54 Å². The minimum atomic E-state index is -1.02. The van der Waals surface area contributed by atoms with E-state index in [2.05, 4.69) is 10.6 Å². The summed E-state index contributed by atoms with van der Waals surface area (Å²) in [5, 5.41) is 15.3. The second-order valence-corrected chi connectivity index (χ2v) is 5.84. The van der Waals surface area contributed by atoms with Gasteiger partial charge in [-0.1, -0.05) is 19.9 Å². The number of carbonyl (C=O) groups is 1. The molecule has 0 radical (unpaired) electrons. The number of halogens is 1. The molecule has 3 N–H and O–H groups in total. The van der Waals surface area contributed by atoms with Gasteiger partial charge in [-0.3, -0.25) is 4.79 Å². The molecule has 0 aliphatic carbocycles. The summed E-state index contributed by atoms with van der Waals surface area (Å²) in [6.45, 7) is 7.82. The van der Waals surface area contributed by atoms with E-state index in [1.165, 1.54) is 12.1 Å². The molecule has 0 atom stereocenters. The van der Waals surface area contributed by atoms with Crippen LogP contribution in [0.1, 0.15) is 43.6 Å². The minimum Gasteiger partial charge on any atom is -0.389 e. The maximum absolute atomic E-state index is 13.7. The van der Waals surface area contributed by atoms with E-state index in [0.29, 0.717) is 12.6 Å². The molecule has 0 saturated heterocycles. The third kappa shape index (κ3) is 5.67. The van der Waals surface area contributed by atoms with Crippen LogP contribution in [0.5, 0.6) is 0 Å². The highest BCUT2D eigenvalue weighted by molar-refractivity contribution is 5.94. The number of hydrogen-bond acceptors (Lipinski definition) is 3. The van der Waals surface area contributed by atoms with Gasteiger partial charge in [0.1, 0.15) is 5.82 Å². The predicted molar refractivity (Wildman–Crippen MR) is 77.0 cm³/mol. The molecule has 1 rings (SSSR count). The molecule has 0 bridgehead atoms. The summed E-state index contributed by atoms with van der Waals surface area (Å²) < 4.78 is 13.7. The van der Waals surface area contributed by atoms with Gasteiger partial charge in [-0.05, 0) is 31.5 Å². The van der Waals surface area contributed by atoms with E-state index in [1.54, 1.807) is 19.9 Å². The lowest BCUT2D eigenvalue weighted by molar-refractivity contribution is 0.0692. The van der Waals surface area contributed by atoms with Crippen LogP contribution in [0, 0.1) is 5.82 Å². The zero-order valence-electron chi connectivity index (χ0n) is 12.5. The van der Waals surface area contributed by atoms with Crippen LogP contribution in [-0.4, -0.2) is 29.2 Å². The highest BCUT2D eigenvalue weighted by Crippen LogP contribution is 2.11. The van der Waals surface area contributed by atoms with Crippen LogP contribution >= 0.6 is 0 Å². The van der Waals surface area contributed by atoms with Crippen molar-refractivity contribution in [2.24, 2.45) is 0 Å². The monoisotopic (exact) mass is 282 g/mol. The largest absolute Gasteiger partial charge is 0.389 e. The summed E-state index contributed by atoms with van der Waals surface area (Å²) in [5.41, 5.74) is -0.186. The zero-order valence-corrected chi connectivity index (χ0v) is 12.5. The summed E-state index contributed by atoms with van der Waals surface area (Å²) >= 11 is 0. The maximum atomic E-state index is 13.7. The van der Waals surface area contributed by atoms with E-state index in [1.807, 2.05) is 13.8 Å². The lowest BCUT2D eigenvalue weighted by Gasteiger charge is -2.18. The Kier molecular flexibility index (Phi) is 5.65. The molecule has 20 heavy (non-hydrogen) atoms. The second kappa shape index (κ2) is 6.81. The highest BCUT2D eigenvalue weighted by atomic mass is 19.1. The van der Waals surface area contributed by atoms with Crippen molar-refractivity contribution in [3.05, 3.63) is 35.1 Å². The zero-order chi connectivity index (χ0) is 15.3. The average molecular weight is 282 g/mol. The summed E-state index contributed by atoms with van der Waals surface area (Å²) in [4.78, 5) is 11.9. The van der Waals surface area contributed by atoms with Crippen molar-refractivity contribution in [1.82, 2.24) is 10.6 Å². The van der Waals surface area contributed by atoms with E-state index in [-0.39, 0.29) is 12.1 Å². The molecule has 0 aliphatic heterocycles.